The van der Waals surface area contributed by atoms with Gasteiger partial charge in [0, 0.05) is 0 Å². The monoisotopic (exact) mass is 528 g/mol. The average Bonchev–Trinajstić information content (AvgIpc) is 2.94. The Hall–Kier alpha value is -2.89. The summed E-state index contributed by atoms with van der Waals surface area (Å²) >= 11 is 0. The molecule has 0 unspecified atom stereocenters. The molecule has 0 aliphatic heterocycles. The molecule has 0 saturated heterocycles. The van der Waals surface area contributed by atoms with Crippen molar-refractivity contribution in [2.24, 2.45) is 0 Å². The second-order valence-corrected chi connectivity index (χ2v) is 14.6. The van der Waals surface area contributed by atoms with Gasteiger partial charge in [-0.25, -0.2) is 0 Å². The van der Waals surface area contributed by atoms with Crippen molar-refractivity contribution < 1.29 is 4.89 Å². The van der Waals surface area contributed by atoms with Gasteiger partial charge in [0.25, 0.3) is 0 Å². The van der Waals surface area contributed by atoms with Gasteiger partial charge in [0.05, 0.1) is 0 Å². The van der Waals surface area contributed by atoms with Crippen LogP contribution in [0.1, 0.15) is 22.3 Å². The van der Waals surface area contributed by atoms with Crippen LogP contribution in [0.5, 0.6) is 0 Å². The number of nitrogens with zero attached hydrogens (tertiary/aromatic N) is 4. The standard InChI is InChI=1S/C32H41N4OP/c1-33(25-29-17-9-5-10-18-29)38(37,34(2)26-30-19-11-6-12-20-30,35(3)27-31-21-13-7-14-22-31)36(4)28-32-23-15-8-16-24-32/h5-24,37H,25-28H2,1-4H3. The molecule has 6 heteroatoms. The molecular weight excluding hydrogens is 487 g/mol. The minimum absolute atomic E-state index is 0.604. The third-order valence-corrected chi connectivity index (χ3v) is 12.9. The second kappa shape index (κ2) is 12.3. The van der Waals surface area contributed by atoms with Gasteiger partial charge in [0.1, 0.15) is 0 Å². The van der Waals surface area contributed by atoms with Crippen molar-refractivity contribution in [1.29, 1.82) is 0 Å². The summed E-state index contributed by atoms with van der Waals surface area (Å²) in [4.78, 5) is 13.7. The molecule has 0 aromatic heterocycles. The van der Waals surface area contributed by atoms with E-state index >= 15 is 0 Å². The Kier molecular flexibility index (Phi) is 9.11. The van der Waals surface area contributed by atoms with Crippen LogP contribution < -0.4 is 0 Å². The summed E-state index contributed by atoms with van der Waals surface area (Å²) < 4.78 is 8.76. The van der Waals surface area contributed by atoms with Gasteiger partial charge < -0.3 is 0 Å². The van der Waals surface area contributed by atoms with E-state index in [1.807, 2.05) is 24.3 Å². The van der Waals surface area contributed by atoms with Gasteiger partial charge >= 0.3 is 229 Å². The van der Waals surface area contributed by atoms with Gasteiger partial charge in [-0.05, 0) is 0 Å². The van der Waals surface area contributed by atoms with E-state index in [0.29, 0.717) is 26.2 Å². The zero-order valence-corrected chi connectivity index (χ0v) is 24.0. The quantitative estimate of drug-likeness (QED) is 0.209. The molecule has 200 valence electrons. The van der Waals surface area contributed by atoms with Gasteiger partial charge in [-0.15, -0.1) is 0 Å². The van der Waals surface area contributed by atoms with Crippen LogP contribution in [0.15, 0.2) is 121 Å². The van der Waals surface area contributed by atoms with Crippen LogP contribution in [-0.4, -0.2) is 51.8 Å². The van der Waals surface area contributed by atoms with E-state index in [2.05, 4.69) is 144 Å². The normalized spacial score (nSPS) is 13.2. The summed E-state index contributed by atoms with van der Waals surface area (Å²) in [6.07, 6.45) is 0. The molecule has 0 bridgehead atoms. The first-order valence-electron chi connectivity index (χ1n) is 13.1. The molecule has 0 heterocycles. The maximum atomic E-state index is 13.7. The molecule has 38 heavy (non-hydrogen) atoms. The van der Waals surface area contributed by atoms with Crippen molar-refractivity contribution in [3.63, 3.8) is 0 Å². The van der Waals surface area contributed by atoms with E-state index in [1.165, 1.54) is 0 Å². The Balaban J connectivity index is 1.85. The summed E-state index contributed by atoms with van der Waals surface area (Å²) in [5.74, 6) is 0. The van der Waals surface area contributed by atoms with E-state index in [4.69, 9.17) is 0 Å². The Labute approximate surface area is 228 Å². The topological polar surface area (TPSA) is 33.2 Å². The van der Waals surface area contributed by atoms with Crippen molar-refractivity contribution in [2.45, 2.75) is 26.2 Å². The fraction of sp³-hybridized carbons (Fsp3) is 0.250. The average molecular weight is 529 g/mol. The molecule has 4 rings (SSSR count). The van der Waals surface area contributed by atoms with Crippen LogP contribution in [0.4, 0.5) is 0 Å². The minimum atomic E-state index is -4.13. The first kappa shape index (κ1) is 28.1. The molecular formula is C32H41N4OP. The third-order valence-electron chi connectivity index (χ3n) is 7.46. The van der Waals surface area contributed by atoms with Crippen LogP contribution in [-0.2, 0) is 26.2 Å². The Morgan fingerprint density at radius 3 is 0.763 bits per heavy atom. The molecule has 0 atom stereocenters. The van der Waals surface area contributed by atoms with E-state index in [-0.39, 0.29) is 0 Å². The zero-order valence-electron chi connectivity index (χ0n) is 23.1. The van der Waals surface area contributed by atoms with Gasteiger partial charge in [-0.3, -0.25) is 0 Å². The van der Waals surface area contributed by atoms with Crippen LogP contribution in [0, 0.1) is 0 Å². The molecule has 0 spiro atoms. The van der Waals surface area contributed by atoms with Crippen LogP contribution >= 0.6 is 7.43 Å². The first-order chi connectivity index (χ1) is 18.3. The summed E-state index contributed by atoms with van der Waals surface area (Å²) in [5, 5.41) is 0. The van der Waals surface area contributed by atoms with Gasteiger partial charge in [-0.1, -0.05) is 0 Å². The fourth-order valence-corrected chi connectivity index (χ4v) is 10.3. The molecule has 1 N–H and O–H groups in total. The molecule has 4 aromatic carbocycles. The predicted octanol–water partition coefficient (Wildman–Crippen LogP) is 6.64. The van der Waals surface area contributed by atoms with E-state index < -0.39 is 7.43 Å². The number of benzene rings is 4. The molecule has 0 radical (unpaired) electrons. The van der Waals surface area contributed by atoms with Crippen LogP contribution in [0.2, 0.25) is 0 Å². The van der Waals surface area contributed by atoms with Gasteiger partial charge in [-0.2, -0.15) is 0 Å². The number of rotatable bonds is 12. The molecule has 4 aromatic rings. The van der Waals surface area contributed by atoms with Crippen molar-refractivity contribution in [3.05, 3.63) is 144 Å². The molecule has 0 aliphatic rings. The maximum absolute atomic E-state index is 13.7. The van der Waals surface area contributed by atoms with E-state index in [0.717, 1.165) is 22.3 Å². The van der Waals surface area contributed by atoms with E-state index in [1.54, 1.807) is 0 Å². The van der Waals surface area contributed by atoms with Gasteiger partial charge in [0.2, 0.25) is 0 Å². The molecule has 0 aliphatic carbocycles. The van der Waals surface area contributed by atoms with Crippen LogP contribution in [0.25, 0.3) is 0 Å². The van der Waals surface area contributed by atoms with Crippen molar-refractivity contribution in [1.82, 2.24) is 18.7 Å². The van der Waals surface area contributed by atoms with Gasteiger partial charge in [0.15, 0.2) is 0 Å². The second-order valence-electron chi connectivity index (χ2n) is 10.1. The Bertz CT molecular complexity index is 1060. The Morgan fingerprint density at radius 1 is 0.395 bits per heavy atom. The first-order valence-corrected chi connectivity index (χ1v) is 15.1. The summed E-state index contributed by atoms with van der Waals surface area (Å²) in [7, 11) is 4.13. The fourth-order valence-electron chi connectivity index (χ4n) is 5.46. The summed E-state index contributed by atoms with van der Waals surface area (Å²) in [6.45, 7) is 2.41. The molecule has 0 saturated carbocycles. The molecule has 0 amide bonds. The van der Waals surface area contributed by atoms with Crippen molar-refractivity contribution >= 4 is 7.43 Å². The third kappa shape index (κ3) is 5.74. The van der Waals surface area contributed by atoms with Crippen LogP contribution in [0.3, 0.4) is 0 Å². The zero-order chi connectivity index (χ0) is 27.0. The summed E-state index contributed by atoms with van der Waals surface area (Å²) in [6, 6.07) is 41.6. The van der Waals surface area contributed by atoms with Crippen molar-refractivity contribution in [3.8, 4) is 0 Å². The van der Waals surface area contributed by atoms with E-state index in [9.17, 15) is 4.89 Å². The molecule has 0 fully saturated rings. The predicted molar refractivity (Wildman–Crippen MR) is 161 cm³/mol. The number of hydrogen-bond donors (Lipinski definition) is 1. The number of hydrogen-bond acceptors (Lipinski definition) is 5. The SMILES string of the molecule is CN(Cc1ccccc1)P(O)(N(C)Cc1ccccc1)(N(C)Cc1ccccc1)N(C)Cc1ccccc1. The summed E-state index contributed by atoms with van der Waals surface area (Å²) in [5.41, 5.74) is 4.64. The Morgan fingerprint density at radius 2 is 0.579 bits per heavy atom. The van der Waals surface area contributed by atoms with Crippen molar-refractivity contribution in [2.75, 3.05) is 28.2 Å². The molecule has 5 nitrogen and oxygen atoms in total.